The number of nitrogen functional groups attached to an aromatic ring is 1. The quantitative estimate of drug-likeness (QED) is 0.627. The van der Waals surface area contributed by atoms with Crippen molar-refractivity contribution in [3.05, 3.63) is 35.4 Å². The van der Waals surface area contributed by atoms with Crippen LogP contribution in [0.5, 0.6) is 0 Å². The van der Waals surface area contributed by atoms with Gasteiger partial charge in [-0.05, 0) is 25.5 Å². The highest BCUT2D eigenvalue weighted by Crippen LogP contribution is 2.16. The van der Waals surface area contributed by atoms with Crippen molar-refractivity contribution >= 4 is 5.84 Å². The maximum absolute atomic E-state index is 7.54. The lowest BCUT2D eigenvalue weighted by atomic mass is 10.1. The van der Waals surface area contributed by atoms with Gasteiger partial charge in [0.2, 0.25) is 0 Å². The predicted octanol–water partition coefficient (Wildman–Crippen LogP) is 1.58. The van der Waals surface area contributed by atoms with Gasteiger partial charge in [0, 0.05) is 18.7 Å². The molecule has 0 bridgehead atoms. The summed E-state index contributed by atoms with van der Waals surface area (Å²) in [6.45, 7) is 2.74. The van der Waals surface area contributed by atoms with Crippen LogP contribution in [0, 0.1) is 5.41 Å². The Hall–Kier alpha value is -1.39. The molecule has 1 aromatic carbocycles. The summed E-state index contributed by atoms with van der Waals surface area (Å²) in [5.41, 5.74) is 7.35. The number of benzene rings is 1. The molecule has 18 heavy (non-hydrogen) atoms. The molecule has 1 aliphatic heterocycles. The molecule has 0 amide bonds. The number of likely N-dealkylation sites (tertiary alicyclic amines) is 1. The van der Waals surface area contributed by atoms with Crippen LogP contribution < -0.4 is 5.73 Å². The Morgan fingerprint density at radius 2 is 2.06 bits per heavy atom. The Kier molecular flexibility index (Phi) is 4.33. The molecule has 4 nitrogen and oxygen atoms in total. The van der Waals surface area contributed by atoms with E-state index in [2.05, 4.69) is 11.9 Å². The summed E-state index contributed by atoms with van der Waals surface area (Å²) in [6, 6.07) is 7.71. The van der Waals surface area contributed by atoms with Crippen LogP contribution in [0.2, 0.25) is 0 Å². The number of nitrogens with zero attached hydrogens (tertiary/aromatic N) is 1. The van der Waals surface area contributed by atoms with Gasteiger partial charge in [-0.2, -0.15) is 0 Å². The summed E-state index contributed by atoms with van der Waals surface area (Å²) in [6.07, 6.45) is 2.50. The van der Waals surface area contributed by atoms with E-state index in [1.54, 1.807) is 0 Å². The molecule has 98 valence electrons. The van der Waals surface area contributed by atoms with Crippen molar-refractivity contribution in [2.75, 3.05) is 20.1 Å². The normalized spacial score (nSPS) is 17.8. The first-order chi connectivity index (χ1) is 8.66. The molecule has 2 rings (SSSR count). The first kappa shape index (κ1) is 13.1. The van der Waals surface area contributed by atoms with Gasteiger partial charge in [-0.1, -0.05) is 24.3 Å². The standard InChI is InChI=1S/C14H21N3O/c1-17-8-6-12(7-9-17)18-10-11-4-2-3-5-13(11)14(15)16/h2-5,12H,6-10H2,1H3,(H3,15,16). The van der Waals surface area contributed by atoms with Crippen LogP contribution in [-0.4, -0.2) is 37.0 Å². The molecule has 0 unspecified atom stereocenters. The Bertz CT molecular complexity index is 411. The topological polar surface area (TPSA) is 62.3 Å². The fraction of sp³-hybridized carbons (Fsp3) is 0.500. The van der Waals surface area contributed by atoms with Crippen LogP contribution in [-0.2, 0) is 11.3 Å². The minimum Gasteiger partial charge on any atom is -0.384 e. The number of nitrogens with one attached hydrogen (secondary N) is 1. The largest absolute Gasteiger partial charge is 0.384 e. The number of nitrogens with two attached hydrogens (primary N) is 1. The Labute approximate surface area is 108 Å². The second-order valence-electron chi connectivity index (χ2n) is 4.88. The van der Waals surface area contributed by atoms with Crippen molar-refractivity contribution < 1.29 is 4.74 Å². The van der Waals surface area contributed by atoms with Crippen molar-refractivity contribution in [1.29, 1.82) is 5.41 Å². The number of hydrogen-bond acceptors (Lipinski definition) is 3. The smallest absolute Gasteiger partial charge is 0.123 e. The van der Waals surface area contributed by atoms with E-state index in [0.717, 1.165) is 37.1 Å². The highest BCUT2D eigenvalue weighted by atomic mass is 16.5. The number of ether oxygens (including phenoxy) is 1. The van der Waals surface area contributed by atoms with Gasteiger partial charge in [0.15, 0.2) is 0 Å². The van der Waals surface area contributed by atoms with Crippen LogP contribution in [0.1, 0.15) is 24.0 Å². The zero-order chi connectivity index (χ0) is 13.0. The zero-order valence-electron chi connectivity index (χ0n) is 10.9. The second-order valence-corrected chi connectivity index (χ2v) is 4.88. The van der Waals surface area contributed by atoms with E-state index in [9.17, 15) is 0 Å². The first-order valence-electron chi connectivity index (χ1n) is 6.39. The van der Waals surface area contributed by atoms with Crippen LogP contribution in [0.25, 0.3) is 0 Å². The van der Waals surface area contributed by atoms with Gasteiger partial charge in [-0.25, -0.2) is 0 Å². The summed E-state index contributed by atoms with van der Waals surface area (Å²) in [7, 11) is 2.14. The van der Waals surface area contributed by atoms with Crippen LogP contribution in [0.4, 0.5) is 0 Å². The summed E-state index contributed by atoms with van der Waals surface area (Å²) < 4.78 is 5.93. The van der Waals surface area contributed by atoms with Gasteiger partial charge in [0.25, 0.3) is 0 Å². The average molecular weight is 247 g/mol. The molecular weight excluding hydrogens is 226 g/mol. The van der Waals surface area contributed by atoms with Gasteiger partial charge in [-0.3, -0.25) is 5.41 Å². The number of hydrogen-bond donors (Lipinski definition) is 2. The second kappa shape index (κ2) is 5.98. The van der Waals surface area contributed by atoms with E-state index >= 15 is 0 Å². The fourth-order valence-electron chi connectivity index (χ4n) is 2.27. The Balaban J connectivity index is 1.92. The molecule has 1 aliphatic rings. The summed E-state index contributed by atoms with van der Waals surface area (Å²) >= 11 is 0. The predicted molar refractivity (Wildman–Crippen MR) is 72.8 cm³/mol. The molecule has 4 heteroatoms. The molecule has 1 saturated heterocycles. The molecular formula is C14H21N3O. The van der Waals surface area contributed by atoms with Gasteiger partial charge in [0.1, 0.15) is 5.84 Å². The molecule has 1 aromatic rings. The third kappa shape index (κ3) is 3.31. The Morgan fingerprint density at radius 3 is 2.72 bits per heavy atom. The lowest BCUT2D eigenvalue weighted by molar-refractivity contribution is 0.00208. The molecule has 1 fully saturated rings. The number of piperidine rings is 1. The van der Waals surface area contributed by atoms with Crippen molar-refractivity contribution in [3.8, 4) is 0 Å². The molecule has 3 N–H and O–H groups in total. The maximum Gasteiger partial charge on any atom is 0.123 e. The lowest BCUT2D eigenvalue weighted by Gasteiger charge is -2.29. The zero-order valence-corrected chi connectivity index (χ0v) is 10.9. The van der Waals surface area contributed by atoms with Gasteiger partial charge < -0.3 is 15.4 Å². The van der Waals surface area contributed by atoms with Crippen LogP contribution in [0.15, 0.2) is 24.3 Å². The average Bonchev–Trinajstić information content (AvgIpc) is 2.38. The minimum absolute atomic E-state index is 0.109. The molecule has 0 atom stereocenters. The van der Waals surface area contributed by atoms with E-state index in [-0.39, 0.29) is 5.84 Å². The molecule has 0 aliphatic carbocycles. The monoisotopic (exact) mass is 247 g/mol. The van der Waals surface area contributed by atoms with E-state index in [4.69, 9.17) is 15.9 Å². The molecule has 0 saturated carbocycles. The number of rotatable bonds is 4. The summed E-state index contributed by atoms with van der Waals surface area (Å²) in [5, 5.41) is 7.54. The van der Waals surface area contributed by atoms with Crippen LogP contribution >= 0.6 is 0 Å². The first-order valence-corrected chi connectivity index (χ1v) is 6.39. The van der Waals surface area contributed by atoms with Gasteiger partial charge in [-0.15, -0.1) is 0 Å². The fourth-order valence-corrected chi connectivity index (χ4v) is 2.27. The lowest BCUT2D eigenvalue weighted by Crippen LogP contribution is -2.34. The third-order valence-corrected chi connectivity index (χ3v) is 3.45. The van der Waals surface area contributed by atoms with E-state index in [0.29, 0.717) is 12.7 Å². The molecule has 0 aromatic heterocycles. The van der Waals surface area contributed by atoms with Crippen molar-refractivity contribution in [2.45, 2.75) is 25.6 Å². The van der Waals surface area contributed by atoms with E-state index < -0.39 is 0 Å². The van der Waals surface area contributed by atoms with Crippen molar-refractivity contribution in [2.24, 2.45) is 5.73 Å². The van der Waals surface area contributed by atoms with Gasteiger partial charge >= 0.3 is 0 Å². The summed E-state index contributed by atoms with van der Waals surface area (Å²) in [5.74, 6) is 0.109. The molecule has 0 spiro atoms. The van der Waals surface area contributed by atoms with E-state index in [1.807, 2.05) is 24.3 Å². The van der Waals surface area contributed by atoms with Gasteiger partial charge in [0.05, 0.1) is 12.7 Å². The Morgan fingerprint density at radius 1 is 1.39 bits per heavy atom. The van der Waals surface area contributed by atoms with E-state index in [1.165, 1.54) is 0 Å². The van der Waals surface area contributed by atoms with Crippen molar-refractivity contribution in [3.63, 3.8) is 0 Å². The minimum atomic E-state index is 0.109. The highest BCUT2D eigenvalue weighted by molar-refractivity contribution is 5.96. The van der Waals surface area contributed by atoms with Crippen LogP contribution in [0.3, 0.4) is 0 Å². The number of amidine groups is 1. The third-order valence-electron chi connectivity index (χ3n) is 3.45. The molecule has 1 heterocycles. The SMILES string of the molecule is CN1CCC(OCc2ccccc2C(=N)N)CC1. The van der Waals surface area contributed by atoms with Crippen molar-refractivity contribution in [1.82, 2.24) is 4.90 Å². The maximum atomic E-state index is 7.54. The summed E-state index contributed by atoms with van der Waals surface area (Å²) in [4.78, 5) is 2.32. The molecule has 0 radical (unpaired) electrons. The highest BCUT2D eigenvalue weighted by Gasteiger charge is 2.17.